The van der Waals surface area contributed by atoms with Crippen molar-refractivity contribution in [2.45, 2.75) is 45.1 Å². The number of nitrogens with zero attached hydrogens (tertiary/aromatic N) is 2. The molecule has 1 aromatic carbocycles. The first-order valence-corrected chi connectivity index (χ1v) is 9.33. The zero-order chi connectivity index (χ0) is 17.8. The summed E-state index contributed by atoms with van der Waals surface area (Å²) in [5.41, 5.74) is 0. The molecular formula is C18H22BrN3O3. The molecule has 1 aliphatic rings. The molecule has 1 N–H and O–H groups in total. The fourth-order valence-electron chi connectivity index (χ4n) is 2.46. The number of halogens is 1. The maximum atomic E-state index is 12.3. The lowest BCUT2D eigenvalue weighted by molar-refractivity contribution is -0.122. The Kier molecular flexibility index (Phi) is 5.73. The average Bonchev–Trinajstić information content (AvgIpc) is 3.30. The highest BCUT2D eigenvalue weighted by atomic mass is 79.9. The van der Waals surface area contributed by atoms with Crippen molar-refractivity contribution in [3.8, 4) is 5.75 Å². The minimum Gasteiger partial charge on any atom is -0.493 e. The summed E-state index contributed by atoms with van der Waals surface area (Å²) in [7, 11) is 0. The van der Waals surface area contributed by atoms with Gasteiger partial charge in [-0.3, -0.25) is 4.79 Å². The lowest BCUT2D eigenvalue weighted by Gasteiger charge is -2.18. The van der Waals surface area contributed by atoms with Crippen molar-refractivity contribution in [2.75, 3.05) is 6.61 Å². The van der Waals surface area contributed by atoms with Gasteiger partial charge in [-0.15, -0.1) is 0 Å². The second-order valence-electron chi connectivity index (χ2n) is 6.61. The third kappa shape index (κ3) is 5.04. The molecule has 2 aromatic rings. The minimum absolute atomic E-state index is 0.0973. The summed E-state index contributed by atoms with van der Waals surface area (Å²) in [4.78, 5) is 16.7. The molecule has 1 heterocycles. The van der Waals surface area contributed by atoms with Crippen molar-refractivity contribution in [3.05, 3.63) is 40.5 Å². The van der Waals surface area contributed by atoms with Crippen LogP contribution in [0.15, 0.2) is 33.3 Å². The summed E-state index contributed by atoms with van der Waals surface area (Å²) in [6, 6.07) is 7.26. The lowest BCUT2D eigenvalue weighted by atomic mass is 10.0. The summed E-state index contributed by atoms with van der Waals surface area (Å²) in [6.07, 6.45) is 2.49. The van der Waals surface area contributed by atoms with Crippen molar-refractivity contribution in [1.82, 2.24) is 15.5 Å². The molecule has 1 fully saturated rings. The number of ether oxygens (including phenoxy) is 1. The first-order chi connectivity index (χ1) is 12.0. The molecule has 0 spiro atoms. The number of carbonyl (C=O) groups excluding carboxylic acids is 1. The van der Waals surface area contributed by atoms with Gasteiger partial charge in [-0.1, -0.05) is 41.0 Å². The van der Waals surface area contributed by atoms with E-state index in [9.17, 15) is 4.79 Å². The largest absolute Gasteiger partial charge is 0.493 e. The molecule has 0 bridgehead atoms. The Morgan fingerprint density at radius 3 is 2.92 bits per heavy atom. The maximum Gasteiger partial charge on any atom is 0.249 e. The van der Waals surface area contributed by atoms with E-state index in [1.165, 1.54) is 0 Å². The zero-order valence-electron chi connectivity index (χ0n) is 14.4. The van der Waals surface area contributed by atoms with E-state index in [1.54, 1.807) is 0 Å². The van der Waals surface area contributed by atoms with Crippen LogP contribution in [0.3, 0.4) is 0 Å². The number of rotatable bonds is 8. The fraction of sp³-hybridized carbons (Fsp3) is 0.500. The molecule has 0 radical (unpaired) electrons. The lowest BCUT2D eigenvalue weighted by Crippen LogP contribution is -2.32. The van der Waals surface area contributed by atoms with Crippen LogP contribution in [0.4, 0.5) is 0 Å². The second-order valence-corrected chi connectivity index (χ2v) is 7.53. The van der Waals surface area contributed by atoms with Crippen LogP contribution in [0.25, 0.3) is 0 Å². The van der Waals surface area contributed by atoms with Crippen LogP contribution in [0.2, 0.25) is 0 Å². The number of nitrogens with one attached hydrogen (secondary N) is 1. The van der Waals surface area contributed by atoms with E-state index in [4.69, 9.17) is 9.26 Å². The van der Waals surface area contributed by atoms with Gasteiger partial charge in [-0.25, -0.2) is 0 Å². The van der Waals surface area contributed by atoms with Gasteiger partial charge in [0.15, 0.2) is 5.82 Å². The van der Waals surface area contributed by atoms with E-state index in [2.05, 4.69) is 31.4 Å². The monoisotopic (exact) mass is 407 g/mol. The molecule has 1 unspecified atom stereocenters. The summed E-state index contributed by atoms with van der Waals surface area (Å²) in [5.74, 6) is 2.46. The Labute approximate surface area is 155 Å². The number of hydrogen-bond donors (Lipinski definition) is 1. The van der Waals surface area contributed by atoms with Gasteiger partial charge in [0.1, 0.15) is 11.8 Å². The van der Waals surface area contributed by atoms with Gasteiger partial charge in [-0.05, 0) is 37.0 Å². The summed E-state index contributed by atoms with van der Waals surface area (Å²) >= 11 is 3.39. The quantitative estimate of drug-likeness (QED) is 0.715. The second kappa shape index (κ2) is 7.99. The van der Waals surface area contributed by atoms with Crippen LogP contribution in [-0.4, -0.2) is 22.7 Å². The van der Waals surface area contributed by atoms with E-state index in [-0.39, 0.29) is 24.3 Å². The molecule has 6 nitrogen and oxygen atoms in total. The van der Waals surface area contributed by atoms with Gasteiger partial charge >= 0.3 is 0 Å². The van der Waals surface area contributed by atoms with E-state index >= 15 is 0 Å². The third-order valence-electron chi connectivity index (χ3n) is 4.04. The highest BCUT2D eigenvalue weighted by Crippen LogP contribution is 2.38. The van der Waals surface area contributed by atoms with Crippen molar-refractivity contribution in [2.24, 2.45) is 5.92 Å². The Morgan fingerprint density at radius 1 is 1.44 bits per heavy atom. The van der Waals surface area contributed by atoms with Gasteiger partial charge in [0, 0.05) is 10.4 Å². The Bertz CT molecular complexity index is 728. The first kappa shape index (κ1) is 17.9. The SMILES string of the molecule is CC(C)C(NC(=O)CCOc1cccc(Br)c1)c1nc(C2CC2)no1. The molecule has 1 atom stereocenters. The van der Waals surface area contributed by atoms with Crippen molar-refractivity contribution in [3.63, 3.8) is 0 Å². The number of hydrogen-bond acceptors (Lipinski definition) is 5. The number of amides is 1. The summed E-state index contributed by atoms with van der Waals surface area (Å²) in [5, 5.41) is 7.01. The van der Waals surface area contributed by atoms with Crippen LogP contribution in [-0.2, 0) is 4.79 Å². The molecule has 25 heavy (non-hydrogen) atoms. The highest BCUT2D eigenvalue weighted by molar-refractivity contribution is 9.10. The highest BCUT2D eigenvalue weighted by Gasteiger charge is 2.31. The topological polar surface area (TPSA) is 77.2 Å². The summed E-state index contributed by atoms with van der Waals surface area (Å²) < 4.78 is 11.9. The van der Waals surface area contributed by atoms with E-state index in [1.807, 2.05) is 38.1 Å². The Balaban J connectivity index is 1.51. The van der Waals surface area contributed by atoms with Gasteiger partial charge in [0.2, 0.25) is 11.8 Å². The number of carbonyl (C=O) groups is 1. The maximum absolute atomic E-state index is 12.3. The summed E-state index contributed by atoms with van der Waals surface area (Å²) in [6.45, 7) is 4.35. The van der Waals surface area contributed by atoms with Crippen LogP contribution >= 0.6 is 15.9 Å². The number of benzene rings is 1. The van der Waals surface area contributed by atoms with E-state index in [0.29, 0.717) is 18.4 Å². The first-order valence-electron chi connectivity index (χ1n) is 8.54. The Hall–Kier alpha value is -1.89. The molecule has 134 valence electrons. The molecule has 1 aromatic heterocycles. The van der Waals surface area contributed by atoms with Gasteiger partial charge < -0.3 is 14.6 Å². The average molecular weight is 408 g/mol. The fourth-order valence-corrected chi connectivity index (χ4v) is 2.84. The van der Waals surface area contributed by atoms with Crippen molar-refractivity contribution < 1.29 is 14.1 Å². The molecule has 0 aliphatic heterocycles. The number of aromatic nitrogens is 2. The standard InChI is InChI=1S/C18H22BrN3O3/c1-11(2)16(18-21-17(22-25-18)12-6-7-12)20-15(23)8-9-24-14-5-3-4-13(19)10-14/h3-5,10-12,16H,6-9H2,1-2H3,(H,20,23). The molecule has 1 saturated carbocycles. The normalized spacial score (nSPS) is 15.2. The van der Waals surface area contributed by atoms with E-state index in [0.717, 1.165) is 28.9 Å². The van der Waals surface area contributed by atoms with Gasteiger partial charge in [-0.2, -0.15) is 4.98 Å². The third-order valence-corrected chi connectivity index (χ3v) is 4.54. The Morgan fingerprint density at radius 2 is 2.24 bits per heavy atom. The van der Waals surface area contributed by atoms with Crippen LogP contribution in [0, 0.1) is 5.92 Å². The van der Waals surface area contributed by atoms with Crippen LogP contribution in [0.5, 0.6) is 5.75 Å². The van der Waals surface area contributed by atoms with Crippen molar-refractivity contribution >= 4 is 21.8 Å². The predicted molar refractivity (Wildman–Crippen MR) is 96.2 cm³/mol. The van der Waals surface area contributed by atoms with E-state index < -0.39 is 0 Å². The zero-order valence-corrected chi connectivity index (χ0v) is 16.0. The molecule has 1 aliphatic carbocycles. The predicted octanol–water partition coefficient (Wildman–Crippen LogP) is 3.99. The molecule has 3 rings (SSSR count). The van der Waals surface area contributed by atoms with Crippen LogP contribution in [0.1, 0.15) is 56.8 Å². The van der Waals surface area contributed by atoms with Gasteiger partial charge in [0.25, 0.3) is 0 Å². The van der Waals surface area contributed by atoms with Crippen LogP contribution < -0.4 is 10.1 Å². The van der Waals surface area contributed by atoms with Crippen molar-refractivity contribution in [1.29, 1.82) is 0 Å². The molecule has 1 amide bonds. The molecule has 0 saturated heterocycles. The molecular weight excluding hydrogens is 386 g/mol. The molecule has 7 heteroatoms. The van der Waals surface area contributed by atoms with Gasteiger partial charge in [0.05, 0.1) is 13.0 Å². The smallest absolute Gasteiger partial charge is 0.249 e. The minimum atomic E-state index is -0.279.